The van der Waals surface area contributed by atoms with Crippen molar-refractivity contribution in [1.82, 2.24) is 9.97 Å². The number of nitrogens with zero attached hydrogens (tertiary/aromatic N) is 2. The molecule has 0 saturated heterocycles. The second kappa shape index (κ2) is 8.05. The summed E-state index contributed by atoms with van der Waals surface area (Å²) in [5, 5.41) is 6.76. The predicted octanol–water partition coefficient (Wildman–Crippen LogP) is 5.02. The largest absolute Gasteiger partial charge is 0.465 e. The first-order chi connectivity index (χ1) is 13.0. The fourth-order valence-electron chi connectivity index (χ4n) is 2.57. The molecule has 138 valence electrons. The lowest BCUT2D eigenvalue weighted by Gasteiger charge is -2.12. The number of carbonyl (C=O) groups is 1. The van der Waals surface area contributed by atoms with Crippen molar-refractivity contribution in [3.63, 3.8) is 0 Å². The normalized spacial score (nSPS) is 10.4. The van der Waals surface area contributed by atoms with E-state index in [-0.39, 0.29) is 0 Å². The van der Waals surface area contributed by atoms with Gasteiger partial charge in [0.15, 0.2) is 0 Å². The molecule has 0 saturated carbocycles. The van der Waals surface area contributed by atoms with Crippen molar-refractivity contribution in [3.05, 3.63) is 70.4 Å². The van der Waals surface area contributed by atoms with Crippen molar-refractivity contribution in [2.75, 3.05) is 17.7 Å². The molecule has 2 N–H and O–H groups in total. The monoisotopic (exact) mass is 382 g/mol. The average Bonchev–Trinajstić information content (AvgIpc) is 2.65. The van der Waals surface area contributed by atoms with E-state index in [0.717, 1.165) is 11.3 Å². The molecule has 1 aromatic heterocycles. The molecule has 7 heteroatoms. The van der Waals surface area contributed by atoms with E-state index in [2.05, 4.69) is 33.6 Å². The Morgan fingerprint density at radius 1 is 1.04 bits per heavy atom. The summed E-state index contributed by atoms with van der Waals surface area (Å²) in [5.74, 6) is 0.550. The van der Waals surface area contributed by atoms with Crippen molar-refractivity contribution < 1.29 is 9.53 Å². The number of aromatic nitrogens is 2. The third-order valence-electron chi connectivity index (χ3n) is 3.93. The number of methoxy groups -OCH3 is 1. The zero-order valence-electron chi connectivity index (χ0n) is 15.2. The van der Waals surface area contributed by atoms with Gasteiger partial charge in [0, 0.05) is 11.9 Å². The van der Waals surface area contributed by atoms with Gasteiger partial charge in [0.1, 0.15) is 5.82 Å². The van der Waals surface area contributed by atoms with Gasteiger partial charge >= 0.3 is 5.97 Å². The van der Waals surface area contributed by atoms with Gasteiger partial charge in [0.2, 0.25) is 5.95 Å². The molecule has 2 aromatic carbocycles. The highest BCUT2D eigenvalue weighted by Crippen LogP contribution is 2.26. The van der Waals surface area contributed by atoms with Gasteiger partial charge in [-0.25, -0.2) is 9.78 Å². The predicted molar refractivity (Wildman–Crippen MR) is 107 cm³/mol. The Morgan fingerprint density at radius 3 is 2.59 bits per heavy atom. The molecule has 0 atom stereocenters. The third-order valence-corrected chi connectivity index (χ3v) is 4.26. The fraction of sp³-hybridized carbons (Fsp3) is 0.150. The van der Waals surface area contributed by atoms with Crippen LogP contribution in [0.5, 0.6) is 0 Å². The topological polar surface area (TPSA) is 76.1 Å². The number of halogens is 1. The van der Waals surface area contributed by atoms with Crippen LogP contribution in [0, 0.1) is 13.8 Å². The van der Waals surface area contributed by atoms with Gasteiger partial charge in [0.05, 0.1) is 23.4 Å². The third kappa shape index (κ3) is 4.54. The minimum Gasteiger partial charge on any atom is -0.465 e. The van der Waals surface area contributed by atoms with Gasteiger partial charge in [0.25, 0.3) is 0 Å². The number of hydrogen-bond acceptors (Lipinski definition) is 6. The van der Waals surface area contributed by atoms with Gasteiger partial charge in [-0.2, -0.15) is 4.98 Å². The summed E-state index contributed by atoms with van der Waals surface area (Å²) in [6.45, 7) is 4.09. The van der Waals surface area contributed by atoms with Crippen molar-refractivity contribution in [2.45, 2.75) is 13.8 Å². The second-order valence-corrected chi connectivity index (χ2v) is 6.43. The summed E-state index contributed by atoms with van der Waals surface area (Å²) in [6.07, 6.45) is 1.64. The van der Waals surface area contributed by atoms with Crippen molar-refractivity contribution in [1.29, 1.82) is 0 Å². The molecule has 0 amide bonds. The lowest BCUT2D eigenvalue weighted by molar-refractivity contribution is 0.0601. The minimum absolute atomic E-state index is 0.355. The quantitative estimate of drug-likeness (QED) is 0.603. The first-order valence-electron chi connectivity index (χ1n) is 8.28. The van der Waals surface area contributed by atoms with Gasteiger partial charge < -0.3 is 15.4 Å². The Labute approximate surface area is 162 Å². The van der Waals surface area contributed by atoms with Crippen molar-refractivity contribution in [3.8, 4) is 0 Å². The van der Waals surface area contributed by atoms with E-state index in [1.165, 1.54) is 12.7 Å². The standard InChI is InChI=1S/C20H19ClN4O2/c1-12-4-7-16(13(2)10-12)23-18-8-9-22-20(25-18)24-17-11-14(19(26)27-3)5-6-15(17)21/h4-11H,1-3H3,(H2,22,23,24,25). The lowest BCUT2D eigenvalue weighted by Crippen LogP contribution is -2.04. The zero-order chi connectivity index (χ0) is 19.4. The van der Waals surface area contributed by atoms with E-state index in [9.17, 15) is 4.79 Å². The summed E-state index contributed by atoms with van der Waals surface area (Å²) in [6, 6.07) is 12.7. The molecule has 0 radical (unpaired) electrons. The van der Waals surface area contributed by atoms with Crippen LogP contribution in [0.3, 0.4) is 0 Å². The maximum atomic E-state index is 11.7. The highest BCUT2D eigenvalue weighted by molar-refractivity contribution is 6.33. The highest BCUT2D eigenvalue weighted by Gasteiger charge is 2.10. The Morgan fingerprint density at radius 2 is 1.85 bits per heavy atom. The molecule has 0 aliphatic heterocycles. The fourth-order valence-corrected chi connectivity index (χ4v) is 2.73. The number of anilines is 4. The molecule has 27 heavy (non-hydrogen) atoms. The zero-order valence-corrected chi connectivity index (χ0v) is 16.0. The Hall–Kier alpha value is -3.12. The van der Waals surface area contributed by atoms with E-state index in [4.69, 9.17) is 16.3 Å². The second-order valence-electron chi connectivity index (χ2n) is 6.02. The number of aryl methyl sites for hydroxylation is 2. The molecule has 0 aliphatic rings. The van der Waals surface area contributed by atoms with Crippen LogP contribution in [0.15, 0.2) is 48.7 Å². The van der Waals surface area contributed by atoms with Crippen LogP contribution in [0.4, 0.5) is 23.1 Å². The molecule has 0 unspecified atom stereocenters. The van der Waals surface area contributed by atoms with Gasteiger partial charge in [-0.05, 0) is 49.7 Å². The summed E-state index contributed by atoms with van der Waals surface area (Å²) in [5.41, 5.74) is 4.19. The number of ether oxygens (including phenoxy) is 1. The Balaban J connectivity index is 1.83. The van der Waals surface area contributed by atoms with Crippen LogP contribution >= 0.6 is 11.6 Å². The average molecular weight is 383 g/mol. The van der Waals surface area contributed by atoms with E-state index >= 15 is 0 Å². The van der Waals surface area contributed by atoms with Crippen molar-refractivity contribution in [2.24, 2.45) is 0 Å². The van der Waals surface area contributed by atoms with E-state index in [1.54, 1.807) is 30.5 Å². The van der Waals surface area contributed by atoms with E-state index in [1.807, 2.05) is 19.1 Å². The van der Waals surface area contributed by atoms with Crippen molar-refractivity contribution >= 4 is 40.7 Å². The maximum absolute atomic E-state index is 11.7. The first kappa shape index (κ1) is 18.7. The van der Waals surface area contributed by atoms with Crippen LogP contribution in [-0.2, 0) is 4.74 Å². The molecular formula is C20H19ClN4O2. The molecule has 0 spiro atoms. The molecule has 0 aliphatic carbocycles. The summed E-state index contributed by atoms with van der Waals surface area (Å²) < 4.78 is 4.74. The van der Waals surface area contributed by atoms with E-state index < -0.39 is 5.97 Å². The number of rotatable bonds is 5. The summed E-state index contributed by atoms with van der Waals surface area (Å²) >= 11 is 6.21. The first-order valence-corrected chi connectivity index (χ1v) is 8.66. The van der Waals surface area contributed by atoms with Crippen LogP contribution in [-0.4, -0.2) is 23.0 Å². The smallest absolute Gasteiger partial charge is 0.337 e. The molecule has 3 aromatic rings. The Bertz CT molecular complexity index is 991. The number of carbonyl (C=O) groups excluding carboxylic acids is 1. The number of hydrogen-bond donors (Lipinski definition) is 2. The molecular weight excluding hydrogens is 364 g/mol. The van der Waals surface area contributed by atoms with Gasteiger partial charge in [-0.1, -0.05) is 29.3 Å². The summed E-state index contributed by atoms with van der Waals surface area (Å²) in [4.78, 5) is 20.4. The van der Waals surface area contributed by atoms with Crippen LogP contribution in [0.1, 0.15) is 21.5 Å². The molecule has 0 bridgehead atoms. The highest BCUT2D eigenvalue weighted by atomic mass is 35.5. The van der Waals surface area contributed by atoms with Crippen LogP contribution in [0.2, 0.25) is 5.02 Å². The number of nitrogens with one attached hydrogen (secondary N) is 2. The molecule has 0 fully saturated rings. The number of benzene rings is 2. The van der Waals surface area contributed by atoms with Gasteiger partial charge in [-0.3, -0.25) is 0 Å². The lowest BCUT2D eigenvalue weighted by atomic mass is 10.1. The van der Waals surface area contributed by atoms with E-state index in [0.29, 0.717) is 28.0 Å². The Kier molecular flexibility index (Phi) is 5.57. The van der Waals surface area contributed by atoms with Crippen LogP contribution < -0.4 is 10.6 Å². The molecule has 1 heterocycles. The number of esters is 1. The summed E-state index contributed by atoms with van der Waals surface area (Å²) in [7, 11) is 1.33. The van der Waals surface area contributed by atoms with Crippen LogP contribution in [0.25, 0.3) is 0 Å². The molecule has 6 nitrogen and oxygen atoms in total. The minimum atomic E-state index is -0.444. The molecule has 3 rings (SSSR count). The van der Waals surface area contributed by atoms with Gasteiger partial charge in [-0.15, -0.1) is 0 Å². The SMILES string of the molecule is COC(=O)c1ccc(Cl)c(Nc2nccc(Nc3ccc(C)cc3C)n2)c1. The maximum Gasteiger partial charge on any atom is 0.337 e.